The molecule has 3 heterocycles. The molecule has 0 amide bonds. The summed E-state index contributed by atoms with van der Waals surface area (Å²) < 4.78 is 3.20. The van der Waals surface area contributed by atoms with Crippen LogP contribution in [0.3, 0.4) is 0 Å². The van der Waals surface area contributed by atoms with Gasteiger partial charge in [-0.25, -0.2) is 19.6 Å². The molecule has 0 saturated carbocycles. The van der Waals surface area contributed by atoms with Crippen LogP contribution in [-0.4, -0.2) is 46.1 Å². The number of aliphatic hydroxyl groups excluding tert-OH is 1. The van der Waals surface area contributed by atoms with Gasteiger partial charge in [-0.3, -0.25) is 9.36 Å². The molecule has 3 aromatic carbocycles. The molecule has 43 heavy (non-hydrogen) atoms. The lowest BCUT2D eigenvalue weighted by Gasteiger charge is -2.15. The third kappa shape index (κ3) is 5.51. The number of fused-ring (bicyclic) bond motifs is 2. The van der Waals surface area contributed by atoms with Crippen LogP contribution in [0.4, 0.5) is 5.82 Å². The van der Waals surface area contributed by atoms with E-state index >= 15 is 0 Å². The Morgan fingerprint density at radius 2 is 1.81 bits per heavy atom. The summed E-state index contributed by atoms with van der Waals surface area (Å²) in [6.45, 7) is 0.290. The summed E-state index contributed by atoms with van der Waals surface area (Å²) in [4.78, 5) is 27.8. The Balaban J connectivity index is 1.55. The monoisotopic (exact) mass is 591 g/mol. The van der Waals surface area contributed by atoms with Crippen molar-refractivity contribution in [3.8, 4) is 28.8 Å². The fourth-order valence-corrected chi connectivity index (χ4v) is 5.15. The molecule has 0 atom stereocenters. The standard InChI is InChI=1S/C32H26ClN7O3/c33-24-13-4-3-9-22(24)17-39-26(37-25-14-7-10-20(27(25)32(39)43)8-2-1-5-15-41)18-40-31-28(30(34)35-19-36-31)29(38-40)21-11-6-12-23(42)16-21/h3-4,6-7,9-14,16,19,41-42H,1,5,15,17-18H2,(H2,34,35,36). The van der Waals surface area contributed by atoms with E-state index in [0.29, 0.717) is 62.4 Å². The summed E-state index contributed by atoms with van der Waals surface area (Å²) in [5.41, 5.74) is 9.38. The number of nitrogens with zero attached hydrogens (tertiary/aromatic N) is 6. The van der Waals surface area contributed by atoms with Gasteiger partial charge in [-0.1, -0.05) is 59.8 Å². The van der Waals surface area contributed by atoms with Gasteiger partial charge in [0.2, 0.25) is 0 Å². The number of halogens is 1. The lowest BCUT2D eigenvalue weighted by Crippen LogP contribution is -2.28. The van der Waals surface area contributed by atoms with E-state index in [0.717, 1.165) is 5.56 Å². The zero-order valence-corrected chi connectivity index (χ0v) is 23.7. The number of aromatic hydroxyl groups is 1. The average Bonchev–Trinajstić information content (AvgIpc) is 3.37. The molecule has 0 aliphatic rings. The van der Waals surface area contributed by atoms with Crippen LogP contribution < -0.4 is 11.3 Å². The Bertz CT molecular complexity index is 2110. The molecular weight excluding hydrogens is 566 g/mol. The second-order valence-electron chi connectivity index (χ2n) is 9.85. The first-order valence-electron chi connectivity index (χ1n) is 13.6. The topological polar surface area (TPSA) is 145 Å². The summed E-state index contributed by atoms with van der Waals surface area (Å²) in [5, 5.41) is 25.5. The summed E-state index contributed by atoms with van der Waals surface area (Å²) >= 11 is 6.52. The molecule has 0 saturated heterocycles. The number of aliphatic hydroxyl groups is 1. The Morgan fingerprint density at radius 3 is 2.63 bits per heavy atom. The largest absolute Gasteiger partial charge is 0.508 e. The minimum absolute atomic E-state index is 0.0472. The number of benzene rings is 3. The summed E-state index contributed by atoms with van der Waals surface area (Å²) in [5.74, 6) is 6.86. The van der Waals surface area contributed by atoms with Crippen LogP contribution in [0.25, 0.3) is 33.2 Å². The highest BCUT2D eigenvalue weighted by Gasteiger charge is 2.21. The Morgan fingerprint density at radius 1 is 0.977 bits per heavy atom. The molecule has 6 rings (SSSR count). The van der Waals surface area contributed by atoms with Crippen molar-refractivity contribution in [2.75, 3.05) is 12.3 Å². The summed E-state index contributed by atoms with van der Waals surface area (Å²) in [6.07, 6.45) is 2.41. The fraction of sp³-hybridized carbons (Fsp3) is 0.156. The lowest BCUT2D eigenvalue weighted by atomic mass is 10.1. The average molecular weight is 592 g/mol. The molecular formula is C32H26ClN7O3. The highest BCUT2D eigenvalue weighted by atomic mass is 35.5. The van der Waals surface area contributed by atoms with Crippen molar-refractivity contribution in [1.82, 2.24) is 29.3 Å². The van der Waals surface area contributed by atoms with Crippen LogP contribution in [0.15, 0.2) is 77.9 Å². The first-order valence-corrected chi connectivity index (χ1v) is 13.9. The first-order chi connectivity index (χ1) is 20.9. The SMILES string of the molecule is Nc1ncnc2c1c(-c1cccc(O)c1)nn2Cc1nc2cccc(C#CCCCO)c2c(=O)n1Cc1ccccc1Cl. The van der Waals surface area contributed by atoms with Gasteiger partial charge >= 0.3 is 0 Å². The van der Waals surface area contributed by atoms with E-state index < -0.39 is 0 Å². The number of phenolic OH excluding ortho intramolecular Hbond substituents is 1. The molecule has 0 aliphatic heterocycles. The van der Waals surface area contributed by atoms with Crippen molar-refractivity contribution >= 4 is 39.4 Å². The number of aromatic nitrogens is 6. The number of nitrogens with two attached hydrogens (primary N) is 1. The molecule has 214 valence electrons. The molecule has 0 fully saturated rings. The van der Waals surface area contributed by atoms with Crippen LogP contribution in [0.1, 0.15) is 29.8 Å². The predicted octanol–water partition coefficient (Wildman–Crippen LogP) is 4.37. The van der Waals surface area contributed by atoms with Gasteiger partial charge in [0, 0.05) is 29.2 Å². The molecule has 0 radical (unpaired) electrons. The van der Waals surface area contributed by atoms with Gasteiger partial charge in [0.15, 0.2) is 5.65 Å². The smallest absolute Gasteiger partial charge is 0.263 e. The lowest BCUT2D eigenvalue weighted by molar-refractivity contribution is 0.290. The number of rotatable bonds is 7. The van der Waals surface area contributed by atoms with E-state index in [1.54, 1.807) is 45.6 Å². The zero-order chi connectivity index (χ0) is 29.9. The fourth-order valence-electron chi connectivity index (χ4n) is 4.95. The van der Waals surface area contributed by atoms with Crippen molar-refractivity contribution in [1.29, 1.82) is 0 Å². The van der Waals surface area contributed by atoms with E-state index in [1.807, 2.05) is 30.3 Å². The van der Waals surface area contributed by atoms with Crippen molar-refractivity contribution in [3.63, 3.8) is 0 Å². The Hall–Kier alpha value is -5.24. The van der Waals surface area contributed by atoms with E-state index in [2.05, 4.69) is 21.8 Å². The van der Waals surface area contributed by atoms with Crippen LogP contribution in [0.5, 0.6) is 5.75 Å². The van der Waals surface area contributed by atoms with Gasteiger partial charge in [0.1, 0.15) is 36.0 Å². The number of anilines is 1. The maximum atomic E-state index is 14.2. The normalized spacial score (nSPS) is 11.1. The number of hydrogen-bond acceptors (Lipinski definition) is 8. The van der Waals surface area contributed by atoms with Gasteiger partial charge in [-0.15, -0.1) is 0 Å². The highest BCUT2D eigenvalue weighted by molar-refractivity contribution is 6.31. The molecule has 0 unspecified atom stereocenters. The third-order valence-electron chi connectivity index (χ3n) is 7.00. The van der Waals surface area contributed by atoms with Crippen LogP contribution in [-0.2, 0) is 13.1 Å². The maximum absolute atomic E-state index is 14.2. The summed E-state index contributed by atoms with van der Waals surface area (Å²) in [6, 6.07) is 19.4. The van der Waals surface area contributed by atoms with Gasteiger partial charge < -0.3 is 15.9 Å². The van der Waals surface area contributed by atoms with Gasteiger partial charge in [0.25, 0.3) is 5.56 Å². The van der Waals surface area contributed by atoms with Gasteiger partial charge in [-0.2, -0.15) is 5.10 Å². The molecule has 0 aliphatic carbocycles. The number of nitrogen functional groups attached to an aromatic ring is 1. The number of phenols is 1. The second-order valence-corrected chi connectivity index (χ2v) is 10.3. The molecule has 6 aromatic rings. The molecule has 0 bridgehead atoms. The number of hydrogen-bond donors (Lipinski definition) is 3. The van der Waals surface area contributed by atoms with E-state index in [-0.39, 0.29) is 36.8 Å². The quantitative estimate of drug-likeness (QED) is 0.183. The second kappa shape index (κ2) is 11.9. The van der Waals surface area contributed by atoms with Crippen molar-refractivity contribution in [2.45, 2.75) is 25.9 Å². The number of unbranched alkanes of at least 4 members (excludes halogenated alkanes) is 1. The zero-order valence-electron chi connectivity index (χ0n) is 22.9. The molecule has 0 spiro atoms. The molecule has 10 nitrogen and oxygen atoms in total. The molecule has 3 aromatic heterocycles. The highest BCUT2D eigenvalue weighted by Crippen LogP contribution is 2.32. The van der Waals surface area contributed by atoms with Crippen LogP contribution >= 0.6 is 11.6 Å². The Kier molecular flexibility index (Phi) is 7.75. The third-order valence-corrected chi connectivity index (χ3v) is 7.37. The molecule has 4 N–H and O–H groups in total. The minimum Gasteiger partial charge on any atom is -0.508 e. The van der Waals surface area contributed by atoms with Crippen molar-refractivity contribution < 1.29 is 10.2 Å². The minimum atomic E-state index is -0.272. The van der Waals surface area contributed by atoms with Crippen molar-refractivity contribution in [3.05, 3.63) is 105 Å². The maximum Gasteiger partial charge on any atom is 0.263 e. The van der Waals surface area contributed by atoms with Crippen LogP contribution in [0.2, 0.25) is 5.02 Å². The molecule has 11 heteroatoms. The Labute approximate surface area is 251 Å². The predicted molar refractivity (Wildman–Crippen MR) is 166 cm³/mol. The van der Waals surface area contributed by atoms with E-state index in [4.69, 9.17) is 32.5 Å². The van der Waals surface area contributed by atoms with Gasteiger partial charge in [-0.05, 0) is 42.3 Å². The summed E-state index contributed by atoms with van der Waals surface area (Å²) in [7, 11) is 0. The van der Waals surface area contributed by atoms with Crippen molar-refractivity contribution in [2.24, 2.45) is 0 Å². The van der Waals surface area contributed by atoms with E-state index in [1.165, 1.54) is 6.33 Å². The van der Waals surface area contributed by atoms with E-state index in [9.17, 15) is 9.90 Å². The van der Waals surface area contributed by atoms with Crippen LogP contribution in [0, 0.1) is 11.8 Å². The first kappa shape index (κ1) is 27.9. The van der Waals surface area contributed by atoms with Gasteiger partial charge in [0.05, 0.1) is 22.8 Å².